The van der Waals surface area contributed by atoms with Crippen LogP contribution in [-0.2, 0) is 6.54 Å². The van der Waals surface area contributed by atoms with E-state index in [1.807, 2.05) is 25.1 Å². The minimum Gasteiger partial charge on any atom is -0.477 e. The van der Waals surface area contributed by atoms with Gasteiger partial charge in [-0.25, -0.2) is 4.79 Å². The quantitative estimate of drug-likeness (QED) is 0.761. The zero-order valence-corrected chi connectivity index (χ0v) is 12.0. The van der Waals surface area contributed by atoms with Crippen molar-refractivity contribution in [2.24, 2.45) is 0 Å². The van der Waals surface area contributed by atoms with Gasteiger partial charge in [0.2, 0.25) is 5.78 Å². The first kappa shape index (κ1) is 13.9. The van der Waals surface area contributed by atoms with Gasteiger partial charge in [0, 0.05) is 11.9 Å². The van der Waals surface area contributed by atoms with Gasteiger partial charge in [0.05, 0.1) is 12.2 Å². The van der Waals surface area contributed by atoms with Gasteiger partial charge in [-0.15, -0.1) is 5.10 Å². The minimum atomic E-state index is -1.30. The highest BCUT2D eigenvalue weighted by Crippen LogP contribution is 2.07. The van der Waals surface area contributed by atoms with Crippen LogP contribution in [0.2, 0.25) is 0 Å². The van der Waals surface area contributed by atoms with Crippen molar-refractivity contribution in [3.8, 4) is 0 Å². The lowest BCUT2D eigenvalue weighted by Crippen LogP contribution is -2.26. The second-order valence-electron chi connectivity index (χ2n) is 4.92. The van der Waals surface area contributed by atoms with Crippen LogP contribution in [0.4, 0.5) is 0 Å². The van der Waals surface area contributed by atoms with Crippen LogP contribution in [0.15, 0.2) is 29.2 Å². The maximum absolute atomic E-state index is 12.1. The van der Waals surface area contributed by atoms with Crippen molar-refractivity contribution < 1.29 is 9.90 Å². The van der Waals surface area contributed by atoms with Gasteiger partial charge in [-0.3, -0.25) is 9.78 Å². The van der Waals surface area contributed by atoms with Crippen LogP contribution in [0.25, 0.3) is 5.78 Å². The van der Waals surface area contributed by atoms with Crippen molar-refractivity contribution in [3.05, 3.63) is 57.5 Å². The largest absolute Gasteiger partial charge is 0.477 e. The van der Waals surface area contributed by atoms with E-state index in [-0.39, 0.29) is 11.3 Å². The number of aromatic nitrogens is 5. The Hall–Kier alpha value is -3.03. The summed E-state index contributed by atoms with van der Waals surface area (Å²) in [5.74, 6) is -0.618. The molecular weight excluding hydrogens is 286 g/mol. The molecule has 3 aromatic rings. The third-order valence-corrected chi connectivity index (χ3v) is 3.17. The average Bonchev–Trinajstić information content (AvgIpc) is 2.84. The molecule has 1 N–H and O–H groups in total. The first-order valence-corrected chi connectivity index (χ1v) is 6.58. The molecule has 0 aliphatic heterocycles. The van der Waals surface area contributed by atoms with E-state index in [2.05, 4.69) is 15.1 Å². The van der Waals surface area contributed by atoms with E-state index in [1.54, 1.807) is 11.5 Å². The van der Waals surface area contributed by atoms with Gasteiger partial charge in [-0.2, -0.15) is 9.50 Å². The Morgan fingerprint density at radius 3 is 2.73 bits per heavy atom. The van der Waals surface area contributed by atoms with Crippen molar-refractivity contribution in [3.63, 3.8) is 0 Å². The molecule has 0 fully saturated rings. The number of nitrogens with zero attached hydrogens (tertiary/aromatic N) is 5. The lowest BCUT2D eigenvalue weighted by Gasteiger charge is -2.09. The fraction of sp³-hybridized carbons (Fsp3) is 0.214. The molecule has 0 aliphatic rings. The Balaban J connectivity index is 2.22. The van der Waals surface area contributed by atoms with Crippen LogP contribution < -0.4 is 5.56 Å². The number of fused-ring (bicyclic) bond motifs is 1. The summed E-state index contributed by atoms with van der Waals surface area (Å²) in [6.07, 6.45) is 1.28. The summed E-state index contributed by atoms with van der Waals surface area (Å²) in [6.45, 7) is 3.81. The summed E-state index contributed by atoms with van der Waals surface area (Å²) in [6, 6.07) is 5.56. The van der Waals surface area contributed by atoms with Crippen molar-refractivity contribution in [2.45, 2.75) is 20.4 Å². The molecule has 0 spiro atoms. The molecule has 112 valence electrons. The van der Waals surface area contributed by atoms with Crippen LogP contribution >= 0.6 is 0 Å². The van der Waals surface area contributed by atoms with Crippen LogP contribution in [0.1, 0.15) is 27.6 Å². The lowest BCUT2D eigenvalue weighted by molar-refractivity contribution is 0.0693. The van der Waals surface area contributed by atoms with E-state index in [0.717, 1.165) is 15.9 Å². The highest BCUT2D eigenvalue weighted by atomic mass is 16.4. The molecule has 0 bridgehead atoms. The second-order valence-corrected chi connectivity index (χ2v) is 4.92. The molecule has 3 rings (SSSR count). The van der Waals surface area contributed by atoms with Crippen molar-refractivity contribution >= 4 is 11.7 Å². The van der Waals surface area contributed by atoms with Gasteiger partial charge < -0.3 is 9.67 Å². The normalized spacial score (nSPS) is 11.0. The number of rotatable bonds is 3. The zero-order valence-electron chi connectivity index (χ0n) is 12.0. The summed E-state index contributed by atoms with van der Waals surface area (Å²) < 4.78 is 2.57. The Kier molecular flexibility index (Phi) is 3.21. The molecule has 3 aromatic heterocycles. The first-order valence-electron chi connectivity index (χ1n) is 6.58. The molecule has 8 nitrogen and oxygen atoms in total. The van der Waals surface area contributed by atoms with Gasteiger partial charge >= 0.3 is 5.97 Å². The number of carboxylic acid groups (broad SMARTS) is 1. The summed E-state index contributed by atoms with van der Waals surface area (Å²) in [7, 11) is 0. The Bertz CT molecular complexity index is 941. The fourth-order valence-electron chi connectivity index (χ4n) is 2.23. The molecule has 0 radical (unpaired) electrons. The molecule has 0 amide bonds. The number of aromatic carboxylic acids is 1. The highest BCUT2D eigenvalue weighted by molar-refractivity contribution is 5.86. The molecule has 0 saturated heterocycles. The number of carboxylic acids is 1. The van der Waals surface area contributed by atoms with Gasteiger partial charge in [0.25, 0.3) is 5.56 Å². The van der Waals surface area contributed by atoms with Crippen LogP contribution in [-0.4, -0.2) is 35.2 Å². The molecule has 0 aliphatic carbocycles. The third-order valence-electron chi connectivity index (χ3n) is 3.17. The van der Waals surface area contributed by atoms with Crippen LogP contribution in [0.5, 0.6) is 0 Å². The fourth-order valence-corrected chi connectivity index (χ4v) is 2.23. The van der Waals surface area contributed by atoms with E-state index >= 15 is 0 Å². The molecule has 0 unspecified atom stereocenters. The molecule has 8 heteroatoms. The van der Waals surface area contributed by atoms with Crippen molar-refractivity contribution in [1.29, 1.82) is 0 Å². The topological polar surface area (TPSA) is 102 Å². The maximum atomic E-state index is 12.1. The standard InChI is InChI=1S/C14H13N5O3/c1-8-4-3-5-10(15-8)6-18-7-11(13(21)22)12(20)19-14(18)16-9(2)17-19/h3-5,7H,6H2,1-2H3,(H,21,22). The number of hydrogen-bond acceptors (Lipinski definition) is 5. The minimum absolute atomic E-state index is 0.288. The van der Waals surface area contributed by atoms with E-state index in [1.165, 1.54) is 6.20 Å². The number of pyridine rings is 1. The van der Waals surface area contributed by atoms with E-state index in [4.69, 9.17) is 0 Å². The van der Waals surface area contributed by atoms with Crippen LogP contribution in [0.3, 0.4) is 0 Å². The third kappa shape index (κ3) is 2.34. The molecule has 3 heterocycles. The summed E-state index contributed by atoms with van der Waals surface area (Å²) in [5, 5.41) is 13.1. The molecule has 22 heavy (non-hydrogen) atoms. The molecular formula is C14H13N5O3. The average molecular weight is 299 g/mol. The van der Waals surface area contributed by atoms with E-state index in [9.17, 15) is 14.7 Å². The summed E-state index contributed by atoms with van der Waals surface area (Å²) in [5.41, 5.74) is 0.537. The number of hydrogen-bond donors (Lipinski definition) is 1. The first-order chi connectivity index (χ1) is 10.5. The predicted octanol–water partition coefficient (Wildman–Crippen LogP) is 0.649. The summed E-state index contributed by atoms with van der Waals surface area (Å²) in [4.78, 5) is 31.9. The number of aryl methyl sites for hydroxylation is 2. The van der Waals surface area contributed by atoms with Crippen LogP contribution in [0, 0.1) is 13.8 Å². The zero-order chi connectivity index (χ0) is 15.9. The van der Waals surface area contributed by atoms with Gasteiger partial charge in [-0.05, 0) is 26.0 Å². The Labute approximate surface area is 124 Å². The number of carbonyl (C=O) groups is 1. The maximum Gasteiger partial charge on any atom is 0.342 e. The van der Waals surface area contributed by atoms with E-state index < -0.39 is 11.5 Å². The predicted molar refractivity (Wildman–Crippen MR) is 77.0 cm³/mol. The van der Waals surface area contributed by atoms with Gasteiger partial charge in [0.1, 0.15) is 11.4 Å². The van der Waals surface area contributed by atoms with Gasteiger partial charge in [0.15, 0.2) is 0 Å². The smallest absolute Gasteiger partial charge is 0.342 e. The molecule has 0 atom stereocenters. The lowest BCUT2D eigenvalue weighted by atomic mass is 10.3. The summed E-state index contributed by atoms with van der Waals surface area (Å²) >= 11 is 0. The molecule has 0 saturated carbocycles. The van der Waals surface area contributed by atoms with Gasteiger partial charge in [-0.1, -0.05) is 6.07 Å². The SMILES string of the molecule is Cc1cccc(Cn2cc(C(=O)O)c(=O)n3nc(C)nc23)n1. The van der Waals surface area contributed by atoms with Crippen molar-refractivity contribution in [2.75, 3.05) is 0 Å². The van der Waals surface area contributed by atoms with Crippen molar-refractivity contribution in [1.82, 2.24) is 24.1 Å². The monoisotopic (exact) mass is 299 g/mol. The Morgan fingerprint density at radius 2 is 2.05 bits per heavy atom. The van der Waals surface area contributed by atoms with E-state index in [0.29, 0.717) is 12.4 Å². The molecule has 0 aromatic carbocycles. The second kappa shape index (κ2) is 5.06. The highest BCUT2D eigenvalue weighted by Gasteiger charge is 2.17. The Morgan fingerprint density at radius 1 is 1.27 bits per heavy atom.